The Hall–Kier alpha value is -1.88. The summed E-state index contributed by atoms with van der Waals surface area (Å²) in [7, 11) is 0. The topological polar surface area (TPSA) is 64.4 Å². The van der Waals surface area contributed by atoms with Crippen LogP contribution >= 0.6 is 0 Å². The van der Waals surface area contributed by atoms with Gasteiger partial charge in [0.1, 0.15) is 5.52 Å². The van der Waals surface area contributed by atoms with Crippen LogP contribution in [0.5, 0.6) is 0 Å². The minimum atomic E-state index is -0.0443. The molecule has 0 bridgehead atoms. The summed E-state index contributed by atoms with van der Waals surface area (Å²) in [6.07, 6.45) is 0.787. The number of aromatic nitrogens is 1. The highest BCUT2D eigenvalue weighted by Crippen LogP contribution is 2.21. The number of amides is 1. The van der Waals surface area contributed by atoms with E-state index in [0.29, 0.717) is 24.7 Å². The molecule has 1 atom stereocenters. The summed E-state index contributed by atoms with van der Waals surface area (Å²) in [6, 6.07) is 5.47. The Morgan fingerprint density at radius 1 is 1.50 bits per heavy atom. The van der Waals surface area contributed by atoms with E-state index >= 15 is 0 Å². The second-order valence-electron chi connectivity index (χ2n) is 4.47. The van der Waals surface area contributed by atoms with Crippen molar-refractivity contribution in [2.24, 2.45) is 5.92 Å². The van der Waals surface area contributed by atoms with Crippen LogP contribution in [-0.4, -0.2) is 24.1 Å². The largest absolute Gasteiger partial charge is 0.441 e. The van der Waals surface area contributed by atoms with Gasteiger partial charge in [0, 0.05) is 25.3 Å². The minimum Gasteiger partial charge on any atom is -0.441 e. The predicted octanol–water partition coefficient (Wildman–Crippen LogP) is 2.11. The van der Waals surface area contributed by atoms with Gasteiger partial charge in [0.05, 0.1) is 12.5 Å². The van der Waals surface area contributed by atoms with Crippen molar-refractivity contribution in [2.45, 2.75) is 13.3 Å². The molecule has 2 heterocycles. The van der Waals surface area contributed by atoms with Gasteiger partial charge in [-0.05, 0) is 18.6 Å². The fourth-order valence-electron chi connectivity index (χ4n) is 2.10. The zero-order valence-corrected chi connectivity index (χ0v) is 10.1. The number of fused-ring (bicyclic) bond motifs is 1. The molecule has 1 unspecified atom stereocenters. The Balaban J connectivity index is 1.79. The highest BCUT2D eigenvalue weighted by atomic mass is 16.5. The van der Waals surface area contributed by atoms with E-state index in [-0.39, 0.29) is 11.8 Å². The summed E-state index contributed by atoms with van der Waals surface area (Å²) < 4.78 is 10.6. The lowest BCUT2D eigenvalue weighted by Crippen LogP contribution is -2.22. The maximum Gasteiger partial charge on any atom is 0.229 e. The molecule has 0 radical (unpaired) electrons. The molecule has 1 saturated heterocycles. The summed E-state index contributed by atoms with van der Waals surface area (Å²) in [4.78, 5) is 16.1. The van der Waals surface area contributed by atoms with Gasteiger partial charge >= 0.3 is 0 Å². The van der Waals surface area contributed by atoms with Crippen molar-refractivity contribution in [1.29, 1.82) is 0 Å². The molecule has 18 heavy (non-hydrogen) atoms. The van der Waals surface area contributed by atoms with Crippen molar-refractivity contribution >= 4 is 22.7 Å². The number of rotatable bonds is 2. The van der Waals surface area contributed by atoms with Crippen LogP contribution in [0.4, 0.5) is 5.69 Å². The summed E-state index contributed by atoms with van der Waals surface area (Å²) in [5, 5.41) is 2.88. The molecule has 3 rings (SSSR count). The normalized spacial score (nSPS) is 19.3. The van der Waals surface area contributed by atoms with E-state index in [1.807, 2.05) is 12.1 Å². The number of anilines is 1. The molecule has 1 amide bonds. The number of oxazole rings is 1. The van der Waals surface area contributed by atoms with Crippen molar-refractivity contribution in [3.05, 3.63) is 24.1 Å². The molecule has 94 valence electrons. The average Bonchev–Trinajstić information content (AvgIpc) is 2.95. The van der Waals surface area contributed by atoms with Crippen LogP contribution < -0.4 is 5.32 Å². The lowest BCUT2D eigenvalue weighted by molar-refractivity contribution is -0.119. The first-order chi connectivity index (χ1) is 8.72. The van der Waals surface area contributed by atoms with Gasteiger partial charge in [-0.3, -0.25) is 4.79 Å². The molecule has 0 aliphatic carbocycles. The monoisotopic (exact) mass is 246 g/mol. The van der Waals surface area contributed by atoms with Gasteiger partial charge in [-0.2, -0.15) is 0 Å². The molecular formula is C13H14N2O3. The molecular weight excluding hydrogens is 232 g/mol. The highest BCUT2D eigenvalue weighted by Gasteiger charge is 2.23. The molecule has 5 heteroatoms. The average molecular weight is 246 g/mol. The van der Waals surface area contributed by atoms with Gasteiger partial charge < -0.3 is 14.5 Å². The van der Waals surface area contributed by atoms with E-state index in [2.05, 4.69) is 10.3 Å². The van der Waals surface area contributed by atoms with Gasteiger partial charge in [0.2, 0.25) is 5.91 Å². The van der Waals surface area contributed by atoms with Crippen molar-refractivity contribution < 1.29 is 13.9 Å². The first-order valence-corrected chi connectivity index (χ1v) is 5.98. The third kappa shape index (κ3) is 2.09. The summed E-state index contributed by atoms with van der Waals surface area (Å²) in [5.74, 6) is 0.581. The zero-order chi connectivity index (χ0) is 12.5. The number of nitrogens with one attached hydrogen (secondary N) is 1. The number of nitrogens with zero attached hydrogens (tertiary/aromatic N) is 1. The molecule has 5 nitrogen and oxygen atoms in total. The van der Waals surface area contributed by atoms with Crippen LogP contribution in [0.1, 0.15) is 12.3 Å². The van der Waals surface area contributed by atoms with Gasteiger partial charge in [-0.25, -0.2) is 4.98 Å². The van der Waals surface area contributed by atoms with Crippen molar-refractivity contribution in [1.82, 2.24) is 4.98 Å². The molecule has 1 aromatic carbocycles. The van der Waals surface area contributed by atoms with E-state index in [4.69, 9.17) is 9.15 Å². The Morgan fingerprint density at radius 2 is 2.39 bits per heavy atom. The first-order valence-electron chi connectivity index (χ1n) is 5.98. The highest BCUT2D eigenvalue weighted by molar-refractivity contribution is 5.94. The maximum absolute atomic E-state index is 11.9. The molecule has 0 spiro atoms. The molecule has 1 fully saturated rings. The Bertz CT molecular complexity index is 585. The quantitative estimate of drug-likeness (QED) is 0.881. The lowest BCUT2D eigenvalue weighted by atomic mass is 10.1. The van der Waals surface area contributed by atoms with E-state index in [1.165, 1.54) is 0 Å². The smallest absolute Gasteiger partial charge is 0.229 e. The molecule has 1 aromatic heterocycles. The lowest BCUT2D eigenvalue weighted by Gasteiger charge is -2.08. The van der Waals surface area contributed by atoms with Crippen LogP contribution in [0.3, 0.4) is 0 Å². The fourth-order valence-corrected chi connectivity index (χ4v) is 2.10. The van der Waals surface area contributed by atoms with E-state index in [1.54, 1.807) is 13.0 Å². The predicted molar refractivity (Wildman–Crippen MR) is 66.3 cm³/mol. The molecule has 0 saturated carbocycles. The van der Waals surface area contributed by atoms with Crippen LogP contribution in [0.15, 0.2) is 22.6 Å². The van der Waals surface area contributed by atoms with Crippen LogP contribution in [0.25, 0.3) is 11.1 Å². The van der Waals surface area contributed by atoms with Crippen molar-refractivity contribution in [3.63, 3.8) is 0 Å². The van der Waals surface area contributed by atoms with E-state index in [9.17, 15) is 4.79 Å². The zero-order valence-electron chi connectivity index (χ0n) is 10.1. The SMILES string of the molecule is Cc1nc2ccc(NC(=O)C3CCOC3)cc2o1. The van der Waals surface area contributed by atoms with E-state index in [0.717, 1.165) is 17.6 Å². The number of carbonyl (C=O) groups is 1. The number of hydrogen-bond acceptors (Lipinski definition) is 4. The van der Waals surface area contributed by atoms with Crippen molar-refractivity contribution in [2.75, 3.05) is 18.5 Å². The minimum absolute atomic E-state index is 0.00286. The Labute approximate surface area is 104 Å². The molecule has 1 aliphatic heterocycles. The van der Waals surface area contributed by atoms with E-state index < -0.39 is 0 Å². The number of aryl methyl sites for hydroxylation is 1. The number of hydrogen-bond donors (Lipinski definition) is 1. The number of carbonyl (C=O) groups excluding carboxylic acids is 1. The van der Waals surface area contributed by atoms with Gasteiger partial charge in [0.25, 0.3) is 0 Å². The summed E-state index contributed by atoms with van der Waals surface area (Å²) >= 11 is 0. The molecule has 1 aliphatic rings. The van der Waals surface area contributed by atoms with Gasteiger partial charge in [0.15, 0.2) is 11.5 Å². The second kappa shape index (κ2) is 4.42. The third-order valence-electron chi connectivity index (χ3n) is 3.06. The van der Waals surface area contributed by atoms with Crippen LogP contribution in [0.2, 0.25) is 0 Å². The van der Waals surface area contributed by atoms with Gasteiger partial charge in [-0.15, -0.1) is 0 Å². The Morgan fingerprint density at radius 3 is 3.17 bits per heavy atom. The standard InChI is InChI=1S/C13H14N2O3/c1-8-14-11-3-2-10(6-12(11)18-8)15-13(16)9-4-5-17-7-9/h2-3,6,9H,4-5,7H2,1H3,(H,15,16). The summed E-state index contributed by atoms with van der Waals surface area (Å²) in [6.45, 7) is 2.97. The third-order valence-corrected chi connectivity index (χ3v) is 3.06. The molecule has 1 N–H and O–H groups in total. The van der Waals surface area contributed by atoms with Crippen LogP contribution in [0, 0.1) is 12.8 Å². The molecule has 2 aromatic rings. The van der Waals surface area contributed by atoms with Crippen molar-refractivity contribution in [3.8, 4) is 0 Å². The van der Waals surface area contributed by atoms with Crippen LogP contribution in [-0.2, 0) is 9.53 Å². The number of benzene rings is 1. The Kier molecular flexibility index (Phi) is 2.76. The first kappa shape index (κ1) is 11.2. The fraction of sp³-hybridized carbons (Fsp3) is 0.385. The second-order valence-corrected chi connectivity index (χ2v) is 4.47. The number of ether oxygens (including phenoxy) is 1. The summed E-state index contributed by atoms with van der Waals surface area (Å²) in [5.41, 5.74) is 2.22. The maximum atomic E-state index is 11.9. The van der Waals surface area contributed by atoms with Gasteiger partial charge in [-0.1, -0.05) is 0 Å².